The topological polar surface area (TPSA) is 4.41 Å². The second-order valence-corrected chi connectivity index (χ2v) is 8.55. The molecule has 0 amide bonds. The van der Waals surface area contributed by atoms with E-state index in [0.717, 1.165) is 6.42 Å². The number of fused-ring (bicyclic) bond motifs is 12. The van der Waals surface area contributed by atoms with Crippen LogP contribution in [0.1, 0.15) is 11.1 Å². The Morgan fingerprint density at radius 3 is 2.33 bits per heavy atom. The van der Waals surface area contributed by atoms with E-state index in [-0.39, 0.29) is 0 Å². The van der Waals surface area contributed by atoms with Crippen LogP contribution >= 0.6 is 0 Å². The number of benzene rings is 5. The van der Waals surface area contributed by atoms with Gasteiger partial charge in [0.1, 0.15) is 0 Å². The van der Waals surface area contributed by atoms with E-state index in [1.807, 2.05) is 0 Å². The Morgan fingerprint density at radius 2 is 1.37 bits per heavy atom. The Kier molecular flexibility index (Phi) is 2.51. The van der Waals surface area contributed by atoms with Crippen LogP contribution in [0.3, 0.4) is 0 Å². The summed E-state index contributed by atoms with van der Waals surface area (Å²) in [6.07, 6.45) is 1.02. The van der Waals surface area contributed by atoms with Gasteiger partial charge in [0.15, 0.2) is 0 Å². The van der Waals surface area contributed by atoms with Gasteiger partial charge in [-0.25, -0.2) is 0 Å². The molecule has 1 aliphatic carbocycles. The lowest BCUT2D eigenvalue weighted by Crippen LogP contribution is -1.82. The van der Waals surface area contributed by atoms with Crippen LogP contribution in [0.5, 0.6) is 0 Å². The van der Waals surface area contributed by atoms with Crippen LogP contribution in [-0.2, 0) is 6.42 Å². The molecule has 0 spiro atoms. The smallest absolute Gasteiger partial charge is 0.0627 e. The molecule has 1 aliphatic rings. The minimum Gasteiger partial charge on any atom is -0.307 e. The molecule has 0 unspecified atom stereocenters. The molecule has 0 saturated heterocycles. The van der Waals surface area contributed by atoms with Crippen LogP contribution in [0, 0.1) is 0 Å². The molecule has 0 saturated carbocycles. The Bertz CT molecular complexity index is 1820. The van der Waals surface area contributed by atoms with Crippen LogP contribution in [0.2, 0.25) is 0 Å². The molecule has 8 rings (SSSR count). The molecule has 0 N–H and O–H groups in total. The van der Waals surface area contributed by atoms with Crippen molar-refractivity contribution in [2.24, 2.45) is 0 Å². The third-order valence-electron chi connectivity index (χ3n) is 7.10. The highest BCUT2D eigenvalue weighted by molar-refractivity contribution is 6.30. The lowest BCUT2D eigenvalue weighted by atomic mass is 9.96. The molecule has 30 heavy (non-hydrogen) atoms. The van der Waals surface area contributed by atoms with Crippen molar-refractivity contribution in [2.45, 2.75) is 6.42 Å². The summed E-state index contributed by atoms with van der Waals surface area (Å²) < 4.78 is 2.53. The third kappa shape index (κ3) is 1.59. The average Bonchev–Trinajstić information content (AvgIpc) is 3.44. The summed E-state index contributed by atoms with van der Waals surface area (Å²) in [7, 11) is 0. The fraction of sp³-hybridized carbons (Fsp3) is 0.0345. The Labute approximate surface area is 173 Å². The second-order valence-electron chi connectivity index (χ2n) is 8.55. The van der Waals surface area contributed by atoms with Gasteiger partial charge in [0, 0.05) is 26.9 Å². The summed E-state index contributed by atoms with van der Waals surface area (Å²) in [5.41, 5.74) is 9.77. The van der Waals surface area contributed by atoms with Crippen LogP contribution in [0.4, 0.5) is 0 Å². The molecule has 1 nitrogen and oxygen atoms in total. The molecule has 1 heteroatoms. The highest BCUT2D eigenvalue weighted by Crippen LogP contribution is 2.49. The number of aromatic nitrogens is 1. The number of para-hydroxylation sites is 1. The van der Waals surface area contributed by atoms with Gasteiger partial charge < -0.3 is 4.40 Å². The molecule has 0 aliphatic heterocycles. The predicted octanol–water partition coefficient (Wildman–Crippen LogP) is 7.56. The first-order valence-electron chi connectivity index (χ1n) is 10.6. The van der Waals surface area contributed by atoms with Gasteiger partial charge in [0.2, 0.25) is 0 Å². The van der Waals surface area contributed by atoms with Gasteiger partial charge >= 0.3 is 0 Å². The lowest BCUT2D eigenvalue weighted by Gasteiger charge is -2.06. The molecular formula is C29H17N. The maximum atomic E-state index is 2.53. The van der Waals surface area contributed by atoms with Gasteiger partial charge in [0.05, 0.1) is 16.6 Å². The van der Waals surface area contributed by atoms with Crippen LogP contribution < -0.4 is 0 Å². The number of rotatable bonds is 0. The first-order chi connectivity index (χ1) is 14.9. The van der Waals surface area contributed by atoms with E-state index >= 15 is 0 Å². The standard InChI is InChI=1S/C29H17N/c1-4-10-21-17(7-1)13-14-22-24-16-19-15-18-8-2-3-9-20(18)26(19)27-23-11-5-6-12-25(23)30(28(21)22)29(24)27/h1-14,16H,15H2. The molecule has 0 atom stereocenters. The highest BCUT2D eigenvalue weighted by atomic mass is 14.9. The summed E-state index contributed by atoms with van der Waals surface area (Å²) in [6.45, 7) is 0. The Hall–Kier alpha value is -3.84. The zero-order valence-corrected chi connectivity index (χ0v) is 16.3. The summed E-state index contributed by atoms with van der Waals surface area (Å²) in [5.74, 6) is 0. The van der Waals surface area contributed by atoms with Crippen molar-refractivity contribution in [3.8, 4) is 11.1 Å². The van der Waals surface area contributed by atoms with E-state index in [9.17, 15) is 0 Å². The van der Waals surface area contributed by atoms with Gasteiger partial charge in [0.25, 0.3) is 0 Å². The number of hydrogen-bond donors (Lipinski definition) is 0. The van der Waals surface area contributed by atoms with Crippen LogP contribution in [-0.4, -0.2) is 4.40 Å². The Balaban J connectivity index is 1.75. The van der Waals surface area contributed by atoms with Crippen molar-refractivity contribution < 1.29 is 0 Å². The van der Waals surface area contributed by atoms with Crippen LogP contribution in [0.15, 0.2) is 91.0 Å². The van der Waals surface area contributed by atoms with Crippen molar-refractivity contribution in [1.82, 2.24) is 4.40 Å². The minimum atomic E-state index is 1.02. The van der Waals surface area contributed by atoms with Gasteiger partial charge in [-0.1, -0.05) is 78.9 Å². The van der Waals surface area contributed by atoms with Gasteiger partial charge in [-0.3, -0.25) is 0 Å². The summed E-state index contributed by atoms with van der Waals surface area (Å²) in [4.78, 5) is 0. The third-order valence-corrected chi connectivity index (χ3v) is 7.10. The summed E-state index contributed by atoms with van der Waals surface area (Å²) in [6, 6.07) is 33.7. The second kappa shape index (κ2) is 5.01. The molecule has 0 bridgehead atoms. The molecule has 5 aromatic carbocycles. The maximum absolute atomic E-state index is 2.53. The van der Waals surface area contributed by atoms with Crippen molar-refractivity contribution in [1.29, 1.82) is 0 Å². The summed E-state index contributed by atoms with van der Waals surface area (Å²) >= 11 is 0. The lowest BCUT2D eigenvalue weighted by molar-refractivity contribution is 1.27. The van der Waals surface area contributed by atoms with Crippen molar-refractivity contribution in [2.75, 3.05) is 0 Å². The van der Waals surface area contributed by atoms with Gasteiger partial charge in [-0.15, -0.1) is 0 Å². The van der Waals surface area contributed by atoms with E-state index in [4.69, 9.17) is 0 Å². The van der Waals surface area contributed by atoms with E-state index < -0.39 is 0 Å². The average molecular weight is 379 g/mol. The minimum absolute atomic E-state index is 1.02. The van der Waals surface area contributed by atoms with Crippen molar-refractivity contribution >= 4 is 48.9 Å². The predicted molar refractivity (Wildman–Crippen MR) is 127 cm³/mol. The monoisotopic (exact) mass is 379 g/mol. The fourth-order valence-corrected chi connectivity index (χ4v) is 5.94. The van der Waals surface area contributed by atoms with E-state index in [0.29, 0.717) is 0 Å². The van der Waals surface area contributed by atoms with Crippen molar-refractivity contribution in [3.05, 3.63) is 102 Å². The Morgan fingerprint density at radius 1 is 0.567 bits per heavy atom. The fourth-order valence-electron chi connectivity index (χ4n) is 5.94. The zero-order chi connectivity index (χ0) is 19.4. The highest BCUT2D eigenvalue weighted by Gasteiger charge is 2.27. The zero-order valence-electron chi connectivity index (χ0n) is 16.3. The van der Waals surface area contributed by atoms with Gasteiger partial charge in [-0.05, 0) is 46.2 Å². The van der Waals surface area contributed by atoms with Crippen LogP contribution in [0.25, 0.3) is 60.0 Å². The summed E-state index contributed by atoms with van der Waals surface area (Å²) in [5, 5.41) is 8.15. The molecule has 2 heterocycles. The molecule has 0 radical (unpaired) electrons. The molecule has 138 valence electrons. The van der Waals surface area contributed by atoms with E-state index in [1.54, 1.807) is 0 Å². The van der Waals surface area contributed by atoms with E-state index in [1.165, 1.54) is 71.1 Å². The number of hydrogen-bond acceptors (Lipinski definition) is 0. The first-order valence-corrected chi connectivity index (χ1v) is 10.6. The SMILES string of the molecule is c1ccc2c(c1)Cc1cc3c4ccc5ccccc5c4n4c5ccccc5c(c1-2)c34. The largest absolute Gasteiger partial charge is 0.307 e. The molecular weight excluding hydrogens is 362 g/mol. The molecule has 7 aromatic rings. The molecule has 2 aromatic heterocycles. The number of nitrogens with zero attached hydrogens (tertiary/aromatic N) is 1. The molecule has 0 fully saturated rings. The van der Waals surface area contributed by atoms with E-state index in [2.05, 4.69) is 95.4 Å². The normalized spacial score (nSPS) is 13.2. The quantitative estimate of drug-likeness (QED) is 0.256. The van der Waals surface area contributed by atoms with Gasteiger partial charge in [-0.2, -0.15) is 0 Å². The first kappa shape index (κ1) is 15.1. The van der Waals surface area contributed by atoms with Crippen molar-refractivity contribution in [3.63, 3.8) is 0 Å². The maximum Gasteiger partial charge on any atom is 0.0627 e.